The summed E-state index contributed by atoms with van der Waals surface area (Å²) in [5.41, 5.74) is 7.98. The molecule has 1 aliphatic rings. The number of nitrogens with zero attached hydrogens (tertiary/aromatic N) is 5. The summed E-state index contributed by atoms with van der Waals surface area (Å²) in [6.07, 6.45) is 16.1. The number of anilines is 3. The summed E-state index contributed by atoms with van der Waals surface area (Å²) in [5, 5.41) is 6.77. The Morgan fingerprint density at radius 2 is 1.97 bits per heavy atom. The van der Waals surface area contributed by atoms with Crippen LogP contribution in [0.1, 0.15) is 45.2 Å². The third-order valence-electron chi connectivity index (χ3n) is 6.99. The monoisotopic (exact) mass is 509 g/mol. The Balaban J connectivity index is 1.39. The average Bonchev–Trinajstić information content (AvgIpc) is 2.94. The van der Waals surface area contributed by atoms with Crippen molar-refractivity contribution in [2.24, 2.45) is 5.92 Å². The summed E-state index contributed by atoms with van der Waals surface area (Å²) in [7, 11) is 2.21. The van der Waals surface area contributed by atoms with Gasteiger partial charge in [0.15, 0.2) is 0 Å². The van der Waals surface area contributed by atoms with Gasteiger partial charge in [-0.2, -0.15) is 0 Å². The lowest BCUT2D eigenvalue weighted by atomic mass is 9.87. The molecule has 0 saturated heterocycles. The molecule has 0 aromatic carbocycles. The Hall–Kier alpha value is -3.84. The maximum atomic E-state index is 4.65. The number of nitrogens with one attached hydrogen (secondary N) is 2. The van der Waals surface area contributed by atoms with Crippen molar-refractivity contribution < 1.29 is 0 Å². The summed E-state index contributed by atoms with van der Waals surface area (Å²) in [6.45, 7) is 13.2. The highest BCUT2D eigenvalue weighted by atomic mass is 15.1. The molecule has 1 unspecified atom stereocenters. The highest BCUT2D eigenvalue weighted by Gasteiger charge is 2.15. The van der Waals surface area contributed by atoms with Gasteiger partial charge in [-0.25, -0.2) is 9.97 Å². The van der Waals surface area contributed by atoms with Gasteiger partial charge in [-0.05, 0) is 88.5 Å². The molecule has 0 radical (unpaired) electrons. The van der Waals surface area contributed by atoms with Crippen LogP contribution in [-0.2, 0) is 0 Å². The number of rotatable bonds is 12. The predicted octanol–water partition coefficient (Wildman–Crippen LogP) is 6.93. The van der Waals surface area contributed by atoms with Crippen molar-refractivity contribution in [1.29, 1.82) is 0 Å². The molecule has 3 aromatic heterocycles. The lowest BCUT2D eigenvalue weighted by molar-refractivity contribution is 0.313. The summed E-state index contributed by atoms with van der Waals surface area (Å²) >= 11 is 0. The van der Waals surface area contributed by atoms with E-state index in [4.69, 9.17) is 0 Å². The van der Waals surface area contributed by atoms with Gasteiger partial charge in [0.2, 0.25) is 5.95 Å². The minimum atomic E-state index is 0.509. The Kier molecular flexibility index (Phi) is 9.38. The first-order valence-electron chi connectivity index (χ1n) is 13.4. The Bertz CT molecular complexity index is 1300. The smallest absolute Gasteiger partial charge is 0.227 e. The zero-order valence-corrected chi connectivity index (χ0v) is 23.0. The molecule has 0 aliphatic heterocycles. The second-order valence-corrected chi connectivity index (χ2v) is 10.0. The minimum Gasteiger partial charge on any atom is -0.354 e. The number of aryl methyl sites for hydroxylation is 1. The molecular formula is C31H39N7. The number of hydrogen-bond acceptors (Lipinski definition) is 7. The standard InChI is InChI=1S/C31H39N7/c1-6-17-38(5)18-14-22(2)25-9-11-26(12-10-25)23(3)35-28-19-30(24(4)34-21-28)37-31-33-16-13-29(36-31)27-8-7-15-32-20-27/h7-9,11,13,15-16,19-22,35H,3,6,10,12,14,17-18H2,1-2,4-5H3,(H,33,36,37). The normalized spacial score (nSPS) is 14.0. The number of allylic oxidation sites excluding steroid dienone is 4. The SMILES string of the molecule is C=C(Nc1cnc(C)c(Nc2nccc(-c3cccnc3)n2)c1)C1=CC=C(C(C)CCN(C)CCC)CC1. The fraction of sp³-hybridized carbons (Fsp3) is 0.355. The topological polar surface area (TPSA) is 78.9 Å². The van der Waals surface area contributed by atoms with Crippen LogP contribution >= 0.6 is 0 Å². The molecule has 0 bridgehead atoms. The predicted molar refractivity (Wildman–Crippen MR) is 157 cm³/mol. The van der Waals surface area contributed by atoms with E-state index in [1.165, 1.54) is 24.0 Å². The van der Waals surface area contributed by atoms with Crippen LogP contribution in [0, 0.1) is 12.8 Å². The second-order valence-electron chi connectivity index (χ2n) is 10.0. The maximum absolute atomic E-state index is 4.65. The highest BCUT2D eigenvalue weighted by molar-refractivity contribution is 5.66. The quantitative estimate of drug-likeness (QED) is 0.274. The lowest BCUT2D eigenvalue weighted by Crippen LogP contribution is -2.22. The van der Waals surface area contributed by atoms with Crippen LogP contribution in [0.2, 0.25) is 0 Å². The fourth-order valence-electron chi connectivity index (χ4n) is 4.61. The first-order chi connectivity index (χ1) is 18.4. The van der Waals surface area contributed by atoms with Crippen molar-refractivity contribution in [3.05, 3.63) is 90.3 Å². The van der Waals surface area contributed by atoms with E-state index in [2.05, 4.69) is 75.1 Å². The molecule has 4 rings (SSSR count). The van der Waals surface area contributed by atoms with E-state index < -0.39 is 0 Å². The Labute approximate surface area is 226 Å². The first-order valence-corrected chi connectivity index (χ1v) is 13.4. The molecule has 0 amide bonds. The molecule has 2 N–H and O–H groups in total. The molecule has 3 heterocycles. The van der Waals surface area contributed by atoms with E-state index in [-0.39, 0.29) is 0 Å². The molecule has 3 aromatic rings. The molecule has 1 atom stereocenters. The van der Waals surface area contributed by atoms with Crippen molar-refractivity contribution in [2.75, 3.05) is 30.8 Å². The molecule has 0 spiro atoms. The van der Waals surface area contributed by atoms with Crippen molar-refractivity contribution in [2.45, 2.75) is 46.5 Å². The van der Waals surface area contributed by atoms with Crippen LogP contribution in [-0.4, -0.2) is 45.0 Å². The Morgan fingerprint density at radius 1 is 1.11 bits per heavy atom. The van der Waals surface area contributed by atoms with E-state index in [1.807, 2.05) is 37.4 Å². The van der Waals surface area contributed by atoms with Crippen molar-refractivity contribution >= 4 is 17.3 Å². The van der Waals surface area contributed by atoms with Crippen molar-refractivity contribution in [1.82, 2.24) is 24.8 Å². The van der Waals surface area contributed by atoms with Gasteiger partial charge in [-0.15, -0.1) is 0 Å². The summed E-state index contributed by atoms with van der Waals surface area (Å²) in [5.74, 6) is 1.11. The van der Waals surface area contributed by atoms with Gasteiger partial charge in [0.1, 0.15) is 0 Å². The van der Waals surface area contributed by atoms with Gasteiger partial charge < -0.3 is 15.5 Å². The molecule has 7 heteroatoms. The molecule has 1 aliphatic carbocycles. The third-order valence-corrected chi connectivity index (χ3v) is 6.99. The number of pyridine rings is 2. The molecule has 7 nitrogen and oxygen atoms in total. The molecule has 38 heavy (non-hydrogen) atoms. The van der Waals surface area contributed by atoms with Crippen LogP contribution in [0.4, 0.5) is 17.3 Å². The van der Waals surface area contributed by atoms with Crippen molar-refractivity contribution in [3.8, 4) is 11.3 Å². The van der Waals surface area contributed by atoms with Gasteiger partial charge in [-0.3, -0.25) is 9.97 Å². The van der Waals surface area contributed by atoms with Gasteiger partial charge in [-0.1, -0.05) is 38.2 Å². The molecule has 0 fully saturated rings. The number of hydrogen-bond donors (Lipinski definition) is 2. The van der Waals surface area contributed by atoms with Crippen LogP contribution < -0.4 is 10.6 Å². The molecule has 0 saturated carbocycles. The van der Waals surface area contributed by atoms with E-state index >= 15 is 0 Å². The van der Waals surface area contributed by atoms with E-state index in [9.17, 15) is 0 Å². The van der Waals surface area contributed by atoms with Gasteiger partial charge >= 0.3 is 0 Å². The van der Waals surface area contributed by atoms with Gasteiger partial charge in [0.25, 0.3) is 0 Å². The second kappa shape index (κ2) is 13.1. The largest absolute Gasteiger partial charge is 0.354 e. The van der Waals surface area contributed by atoms with E-state index in [1.54, 1.807) is 18.6 Å². The minimum absolute atomic E-state index is 0.509. The highest BCUT2D eigenvalue weighted by Crippen LogP contribution is 2.30. The van der Waals surface area contributed by atoms with Crippen LogP contribution in [0.15, 0.2) is 84.6 Å². The van der Waals surface area contributed by atoms with E-state index in [0.717, 1.165) is 60.0 Å². The van der Waals surface area contributed by atoms with Crippen LogP contribution in [0.5, 0.6) is 0 Å². The maximum Gasteiger partial charge on any atom is 0.227 e. The average molecular weight is 510 g/mol. The molecule has 198 valence electrons. The summed E-state index contributed by atoms with van der Waals surface area (Å²) < 4.78 is 0. The molecular weight excluding hydrogens is 470 g/mol. The van der Waals surface area contributed by atoms with Crippen molar-refractivity contribution in [3.63, 3.8) is 0 Å². The van der Waals surface area contributed by atoms with Gasteiger partial charge in [0, 0.05) is 29.9 Å². The number of aromatic nitrogens is 4. The summed E-state index contributed by atoms with van der Waals surface area (Å²) in [4.78, 5) is 20.2. The Morgan fingerprint density at radius 3 is 2.71 bits per heavy atom. The zero-order valence-electron chi connectivity index (χ0n) is 23.0. The van der Waals surface area contributed by atoms with Crippen LogP contribution in [0.3, 0.4) is 0 Å². The summed E-state index contributed by atoms with van der Waals surface area (Å²) in [6, 6.07) is 7.77. The van der Waals surface area contributed by atoms with E-state index in [0.29, 0.717) is 11.9 Å². The third kappa shape index (κ3) is 7.35. The lowest BCUT2D eigenvalue weighted by Gasteiger charge is -2.24. The zero-order chi connectivity index (χ0) is 26.9. The van der Waals surface area contributed by atoms with Gasteiger partial charge in [0.05, 0.1) is 29.0 Å². The fourth-order valence-corrected chi connectivity index (χ4v) is 4.61. The van der Waals surface area contributed by atoms with Crippen LogP contribution in [0.25, 0.3) is 11.3 Å². The first kappa shape index (κ1) is 27.2.